The summed E-state index contributed by atoms with van der Waals surface area (Å²) in [7, 11) is 0. The third kappa shape index (κ3) is 5.10. The number of anilines is 1. The summed E-state index contributed by atoms with van der Waals surface area (Å²) in [6, 6.07) is 3.39. The molecule has 0 spiro atoms. The number of nitrogens with zero attached hydrogens (tertiary/aromatic N) is 2. The molecule has 2 heterocycles. The van der Waals surface area contributed by atoms with Crippen LogP contribution in [0.1, 0.15) is 46.5 Å². The number of nitrogens with one attached hydrogen (secondary N) is 1. The van der Waals surface area contributed by atoms with E-state index in [0.29, 0.717) is 6.54 Å². The van der Waals surface area contributed by atoms with Crippen LogP contribution < -0.4 is 16.6 Å². The molecule has 0 radical (unpaired) electrons. The van der Waals surface area contributed by atoms with E-state index in [1.54, 1.807) is 22.9 Å². The molecule has 1 aromatic heterocycles. The van der Waals surface area contributed by atoms with Crippen molar-refractivity contribution in [2.75, 3.05) is 12.3 Å². The van der Waals surface area contributed by atoms with Gasteiger partial charge in [-0.05, 0) is 51.7 Å². The van der Waals surface area contributed by atoms with Crippen LogP contribution in [0.4, 0.5) is 5.69 Å². The van der Waals surface area contributed by atoms with Crippen molar-refractivity contribution in [3.8, 4) is 0 Å². The predicted molar refractivity (Wildman–Crippen MR) is 93.6 cm³/mol. The summed E-state index contributed by atoms with van der Waals surface area (Å²) in [5.41, 5.74) is 5.57. The van der Waals surface area contributed by atoms with E-state index in [-0.39, 0.29) is 23.0 Å². The van der Waals surface area contributed by atoms with Crippen molar-refractivity contribution in [3.63, 3.8) is 0 Å². The Labute approximate surface area is 137 Å². The van der Waals surface area contributed by atoms with Crippen LogP contribution in [0.25, 0.3) is 0 Å². The van der Waals surface area contributed by atoms with E-state index in [1.807, 2.05) is 0 Å². The SMILES string of the molecule is CCC(C)(C)/N=C(/Cn1cccc(N)c1=O)NC1CCCCO1. The average molecular weight is 320 g/mol. The second-order valence-corrected chi connectivity index (χ2v) is 6.62. The summed E-state index contributed by atoms with van der Waals surface area (Å²) in [5.74, 6) is 0.761. The largest absolute Gasteiger partial charge is 0.394 e. The molecule has 0 aromatic carbocycles. The number of nitrogen functional groups attached to an aromatic ring is 1. The molecule has 1 unspecified atom stereocenters. The minimum absolute atomic E-state index is 0.0353. The number of aromatic nitrogens is 1. The summed E-state index contributed by atoms with van der Waals surface area (Å²) < 4.78 is 7.32. The van der Waals surface area contributed by atoms with Crippen molar-refractivity contribution in [2.45, 2.75) is 64.8 Å². The number of ether oxygens (including phenoxy) is 1. The van der Waals surface area contributed by atoms with Crippen LogP contribution in [0.2, 0.25) is 0 Å². The zero-order valence-corrected chi connectivity index (χ0v) is 14.3. The van der Waals surface area contributed by atoms with Gasteiger partial charge in [0.25, 0.3) is 5.56 Å². The summed E-state index contributed by atoms with van der Waals surface area (Å²) in [5, 5.41) is 3.37. The van der Waals surface area contributed by atoms with Gasteiger partial charge in [-0.3, -0.25) is 9.79 Å². The topological polar surface area (TPSA) is 81.6 Å². The fraction of sp³-hybridized carbons (Fsp3) is 0.647. The normalized spacial score (nSPS) is 19.6. The molecule has 0 amide bonds. The lowest BCUT2D eigenvalue weighted by molar-refractivity contribution is 0.00653. The molecule has 1 aliphatic heterocycles. The highest BCUT2D eigenvalue weighted by molar-refractivity contribution is 5.82. The number of pyridine rings is 1. The molecule has 0 aliphatic carbocycles. The lowest BCUT2D eigenvalue weighted by atomic mass is 10.0. The van der Waals surface area contributed by atoms with Gasteiger partial charge >= 0.3 is 0 Å². The van der Waals surface area contributed by atoms with Gasteiger partial charge in [0, 0.05) is 12.8 Å². The van der Waals surface area contributed by atoms with Gasteiger partial charge in [0.1, 0.15) is 12.1 Å². The molecule has 1 fully saturated rings. The Balaban J connectivity index is 2.22. The molecule has 1 aromatic rings. The highest BCUT2D eigenvalue weighted by Crippen LogP contribution is 2.15. The lowest BCUT2D eigenvalue weighted by Crippen LogP contribution is -2.43. The number of hydrogen-bond acceptors (Lipinski definition) is 4. The van der Waals surface area contributed by atoms with E-state index in [9.17, 15) is 4.79 Å². The van der Waals surface area contributed by atoms with Crippen molar-refractivity contribution in [1.82, 2.24) is 9.88 Å². The molecule has 0 saturated carbocycles. The van der Waals surface area contributed by atoms with Gasteiger partial charge < -0.3 is 20.4 Å². The molecule has 128 valence electrons. The number of aliphatic imine (C=N–C) groups is 1. The molecule has 2 rings (SSSR count). The number of hydrogen-bond donors (Lipinski definition) is 2. The Morgan fingerprint density at radius 1 is 1.52 bits per heavy atom. The fourth-order valence-electron chi connectivity index (χ4n) is 2.44. The quantitative estimate of drug-likeness (QED) is 0.643. The van der Waals surface area contributed by atoms with Crippen LogP contribution in [-0.4, -0.2) is 28.8 Å². The minimum atomic E-state index is -0.194. The van der Waals surface area contributed by atoms with Gasteiger partial charge in [-0.2, -0.15) is 0 Å². The fourth-order valence-corrected chi connectivity index (χ4v) is 2.44. The number of amidine groups is 1. The zero-order chi connectivity index (χ0) is 16.9. The third-order valence-corrected chi connectivity index (χ3v) is 4.18. The van der Waals surface area contributed by atoms with E-state index < -0.39 is 0 Å². The van der Waals surface area contributed by atoms with Gasteiger partial charge in [-0.1, -0.05) is 6.92 Å². The molecule has 1 atom stereocenters. The van der Waals surface area contributed by atoms with Crippen LogP contribution in [-0.2, 0) is 11.3 Å². The zero-order valence-electron chi connectivity index (χ0n) is 14.3. The summed E-state index contributed by atoms with van der Waals surface area (Å²) >= 11 is 0. The molecular weight excluding hydrogens is 292 g/mol. The maximum Gasteiger partial charge on any atom is 0.274 e. The van der Waals surface area contributed by atoms with E-state index in [4.69, 9.17) is 15.5 Å². The van der Waals surface area contributed by atoms with Crippen molar-refractivity contribution in [1.29, 1.82) is 0 Å². The number of rotatable bonds is 5. The van der Waals surface area contributed by atoms with Crippen molar-refractivity contribution < 1.29 is 4.74 Å². The molecule has 1 aliphatic rings. The first kappa shape index (κ1) is 17.5. The molecule has 3 N–H and O–H groups in total. The highest BCUT2D eigenvalue weighted by Gasteiger charge is 2.19. The van der Waals surface area contributed by atoms with Crippen molar-refractivity contribution in [3.05, 3.63) is 28.7 Å². The Morgan fingerprint density at radius 2 is 2.30 bits per heavy atom. The van der Waals surface area contributed by atoms with E-state index in [0.717, 1.165) is 38.1 Å². The van der Waals surface area contributed by atoms with Crippen molar-refractivity contribution in [2.24, 2.45) is 4.99 Å². The first-order chi connectivity index (χ1) is 10.9. The van der Waals surface area contributed by atoms with Gasteiger partial charge in [-0.15, -0.1) is 0 Å². The number of nitrogens with two attached hydrogens (primary N) is 1. The highest BCUT2D eigenvalue weighted by atomic mass is 16.5. The van der Waals surface area contributed by atoms with Gasteiger partial charge in [0.15, 0.2) is 0 Å². The van der Waals surface area contributed by atoms with Gasteiger partial charge in [0.2, 0.25) is 0 Å². The molecule has 23 heavy (non-hydrogen) atoms. The van der Waals surface area contributed by atoms with Crippen molar-refractivity contribution >= 4 is 11.5 Å². The van der Waals surface area contributed by atoms with Crippen LogP contribution in [0.5, 0.6) is 0 Å². The standard InChI is InChI=1S/C17H28N4O2/c1-4-17(2,3)20-14(19-15-9-5-6-11-23-15)12-21-10-7-8-13(18)16(21)22/h7-8,10,15H,4-6,9,11-12,18H2,1-3H3,(H,19,20). The first-order valence-electron chi connectivity index (χ1n) is 8.33. The van der Waals surface area contributed by atoms with E-state index in [1.165, 1.54) is 0 Å². The molecule has 6 nitrogen and oxygen atoms in total. The van der Waals surface area contributed by atoms with Gasteiger partial charge in [0.05, 0.1) is 17.8 Å². The summed E-state index contributed by atoms with van der Waals surface area (Å²) in [6.07, 6.45) is 5.80. The Morgan fingerprint density at radius 3 is 2.96 bits per heavy atom. The van der Waals surface area contributed by atoms with Crippen LogP contribution in [0.3, 0.4) is 0 Å². The second-order valence-electron chi connectivity index (χ2n) is 6.62. The minimum Gasteiger partial charge on any atom is -0.394 e. The Bertz CT molecular complexity index is 601. The summed E-state index contributed by atoms with van der Waals surface area (Å²) in [6.45, 7) is 7.40. The maximum atomic E-state index is 12.2. The van der Waals surface area contributed by atoms with Crippen LogP contribution >= 0.6 is 0 Å². The third-order valence-electron chi connectivity index (χ3n) is 4.18. The molecule has 6 heteroatoms. The van der Waals surface area contributed by atoms with Crippen LogP contribution in [0.15, 0.2) is 28.1 Å². The monoisotopic (exact) mass is 320 g/mol. The average Bonchev–Trinajstić information content (AvgIpc) is 2.52. The Hall–Kier alpha value is -1.82. The van der Waals surface area contributed by atoms with E-state index in [2.05, 4.69) is 26.1 Å². The first-order valence-corrected chi connectivity index (χ1v) is 8.33. The molecular formula is C17H28N4O2. The smallest absolute Gasteiger partial charge is 0.274 e. The predicted octanol–water partition coefficient (Wildman–Crippen LogP) is 2.13. The van der Waals surface area contributed by atoms with Gasteiger partial charge in [-0.25, -0.2) is 0 Å². The van der Waals surface area contributed by atoms with Crippen LogP contribution in [0, 0.1) is 0 Å². The maximum absolute atomic E-state index is 12.2. The summed E-state index contributed by atoms with van der Waals surface area (Å²) in [4.78, 5) is 17.0. The second kappa shape index (κ2) is 7.64. The molecule has 1 saturated heterocycles. The Kier molecular flexibility index (Phi) is 5.82. The van der Waals surface area contributed by atoms with E-state index >= 15 is 0 Å². The molecule has 0 bridgehead atoms. The lowest BCUT2D eigenvalue weighted by Gasteiger charge is -2.27.